The van der Waals surface area contributed by atoms with Crippen LogP contribution < -0.4 is 0 Å². The third kappa shape index (κ3) is 4.81. The maximum absolute atomic E-state index is 10.4. The summed E-state index contributed by atoms with van der Waals surface area (Å²) < 4.78 is 5.57. The highest BCUT2D eigenvalue weighted by atomic mass is 16.5. The van der Waals surface area contributed by atoms with Crippen molar-refractivity contribution in [3.05, 3.63) is 0 Å². The monoisotopic (exact) mass is 213 g/mol. The molecule has 4 heteroatoms. The average Bonchev–Trinajstić information content (AvgIpc) is 2.45. The van der Waals surface area contributed by atoms with Gasteiger partial charge in [0.15, 0.2) is 5.90 Å². The van der Waals surface area contributed by atoms with Crippen LogP contribution in [0.4, 0.5) is 0 Å². The molecule has 1 atom stereocenters. The van der Waals surface area contributed by atoms with Crippen molar-refractivity contribution in [2.45, 2.75) is 46.1 Å². The van der Waals surface area contributed by atoms with Gasteiger partial charge in [-0.3, -0.25) is 9.79 Å². The average molecular weight is 213 g/mol. The SMILES string of the molecule is CC(C)(C)CC1=NCC(CCC(=O)O)O1. The van der Waals surface area contributed by atoms with E-state index in [2.05, 4.69) is 25.8 Å². The van der Waals surface area contributed by atoms with Crippen LogP contribution in [0.3, 0.4) is 0 Å². The van der Waals surface area contributed by atoms with Gasteiger partial charge in [0.2, 0.25) is 0 Å². The Morgan fingerprint density at radius 1 is 1.60 bits per heavy atom. The molecule has 0 aromatic heterocycles. The Labute approximate surface area is 90.3 Å². The summed E-state index contributed by atoms with van der Waals surface area (Å²) in [5, 5.41) is 8.53. The van der Waals surface area contributed by atoms with E-state index in [-0.39, 0.29) is 17.9 Å². The van der Waals surface area contributed by atoms with Crippen LogP contribution >= 0.6 is 0 Å². The number of aliphatic carboxylic acids is 1. The topological polar surface area (TPSA) is 58.9 Å². The molecule has 86 valence electrons. The molecule has 0 aromatic rings. The van der Waals surface area contributed by atoms with Gasteiger partial charge in [-0.1, -0.05) is 20.8 Å². The van der Waals surface area contributed by atoms with Crippen molar-refractivity contribution in [2.75, 3.05) is 6.54 Å². The molecule has 0 aromatic carbocycles. The van der Waals surface area contributed by atoms with Crippen LogP contribution in [0, 0.1) is 5.41 Å². The Bertz CT molecular complexity index is 265. The normalized spacial score (nSPS) is 21.0. The van der Waals surface area contributed by atoms with Crippen molar-refractivity contribution in [3.8, 4) is 0 Å². The maximum atomic E-state index is 10.4. The van der Waals surface area contributed by atoms with Gasteiger partial charge in [-0.05, 0) is 11.8 Å². The first kappa shape index (κ1) is 12.0. The van der Waals surface area contributed by atoms with Crippen LogP contribution in [-0.2, 0) is 9.53 Å². The van der Waals surface area contributed by atoms with Crippen LogP contribution in [0.25, 0.3) is 0 Å². The van der Waals surface area contributed by atoms with Crippen molar-refractivity contribution < 1.29 is 14.6 Å². The standard InChI is InChI=1S/C11H19NO3/c1-11(2,3)6-9-12-7-8(15-9)4-5-10(13)14/h8H,4-7H2,1-3H3,(H,13,14). The zero-order chi connectivity index (χ0) is 11.5. The predicted octanol–water partition coefficient (Wildman–Crippen LogP) is 2.08. The second-order valence-corrected chi connectivity index (χ2v) is 5.14. The molecule has 0 radical (unpaired) electrons. The highest BCUT2D eigenvalue weighted by Crippen LogP contribution is 2.23. The van der Waals surface area contributed by atoms with Crippen LogP contribution in [0.2, 0.25) is 0 Å². The van der Waals surface area contributed by atoms with E-state index < -0.39 is 5.97 Å². The van der Waals surface area contributed by atoms with E-state index in [1.165, 1.54) is 0 Å². The van der Waals surface area contributed by atoms with Gasteiger partial charge in [-0.25, -0.2) is 0 Å². The second kappa shape index (κ2) is 4.64. The van der Waals surface area contributed by atoms with Gasteiger partial charge in [-0.2, -0.15) is 0 Å². The molecule has 1 N–H and O–H groups in total. The van der Waals surface area contributed by atoms with E-state index in [0.29, 0.717) is 13.0 Å². The predicted molar refractivity (Wildman–Crippen MR) is 58.1 cm³/mol. The minimum atomic E-state index is -0.775. The first-order valence-corrected chi connectivity index (χ1v) is 5.28. The Morgan fingerprint density at radius 2 is 2.27 bits per heavy atom. The van der Waals surface area contributed by atoms with Gasteiger partial charge in [0, 0.05) is 12.8 Å². The molecule has 15 heavy (non-hydrogen) atoms. The summed E-state index contributed by atoms with van der Waals surface area (Å²) >= 11 is 0. The molecule has 0 bridgehead atoms. The summed E-state index contributed by atoms with van der Waals surface area (Å²) in [5.41, 5.74) is 0.167. The van der Waals surface area contributed by atoms with E-state index in [1.54, 1.807) is 0 Å². The van der Waals surface area contributed by atoms with E-state index in [9.17, 15) is 4.79 Å². The number of rotatable bonds is 4. The first-order valence-electron chi connectivity index (χ1n) is 5.28. The number of carbonyl (C=O) groups is 1. The molecule has 0 fully saturated rings. The van der Waals surface area contributed by atoms with Crippen molar-refractivity contribution in [3.63, 3.8) is 0 Å². The van der Waals surface area contributed by atoms with E-state index in [4.69, 9.17) is 9.84 Å². The zero-order valence-corrected chi connectivity index (χ0v) is 9.62. The van der Waals surface area contributed by atoms with Crippen molar-refractivity contribution >= 4 is 11.9 Å². The molecular formula is C11H19NO3. The third-order valence-electron chi connectivity index (χ3n) is 2.14. The lowest BCUT2D eigenvalue weighted by Crippen LogP contribution is -2.18. The molecule has 0 spiro atoms. The molecule has 0 amide bonds. The molecule has 0 saturated carbocycles. The number of ether oxygens (including phenoxy) is 1. The lowest BCUT2D eigenvalue weighted by Gasteiger charge is -2.18. The van der Waals surface area contributed by atoms with Crippen molar-refractivity contribution in [2.24, 2.45) is 10.4 Å². The fourth-order valence-corrected chi connectivity index (χ4v) is 1.46. The summed E-state index contributed by atoms with van der Waals surface area (Å²) in [5.74, 6) is 0.000704. The second-order valence-electron chi connectivity index (χ2n) is 5.14. The number of hydrogen-bond donors (Lipinski definition) is 1. The highest BCUT2D eigenvalue weighted by molar-refractivity contribution is 5.78. The van der Waals surface area contributed by atoms with Gasteiger partial charge < -0.3 is 9.84 Å². The van der Waals surface area contributed by atoms with Crippen molar-refractivity contribution in [1.82, 2.24) is 0 Å². The van der Waals surface area contributed by atoms with Gasteiger partial charge in [0.25, 0.3) is 0 Å². The van der Waals surface area contributed by atoms with Gasteiger partial charge in [0.05, 0.1) is 6.54 Å². The number of hydrogen-bond acceptors (Lipinski definition) is 3. The fraction of sp³-hybridized carbons (Fsp3) is 0.818. The molecule has 0 aliphatic carbocycles. The van der Waals surface area contributed by atoms with Crippen LogP contribution in [0.15, 0.2) is 4.99 Å². The Kier molecular flexibility index (Phi) is 3.72. The quantitative estimate of drug-likeness (QED) is 0.777. The lowest BCUT2D eigenvalue weighted by atomic mass is 9.92. The minimum absolute atomic E-state index is 0.0292. The molecule has 1 heterocycles. The van der Waals surface area contributed by atoms with Gasteiger partial charge in [0.1, 0.15) is 6.10 Å². The molecular weight excluding hydrogens is 194 g/mol. The zero-order valence-electron chi connectivity index (χ0n) is 9.62. The van der Waals surface area contributed by atoms with E-state index in [1.807, 2.05) is 0 Å². The molecule has 4 nitrogen and oxygen atoms in total. The Morgan fingerprint density at radius 3 is 2.80 bits per heavy atom. The Balaban J connectivity index is 2.28. The van der Waals surface area contributed by atoms with Crippen LogP contribution in [0.1, 0.15) is 40.0 Å². The number of nitrogens with zero attached hydrogens (tertiary/aromatic N) is 1. The number of aliphatic imine (C=N–C) groups is 1. The first-order chi connectivity index (χ1) is 6.87. The van der Waals surface area contributed by atoms with Crippen LogP contribution in [-0.4, -0.2) is 29.6 Å². The summed E-state index contributed by atoms with van der Waals surface area (Å²) in [6.45, 7) is 7.00. The number of carboxylic acids is 1. The van der Waals surface area contributed by atoms with Gasteiger partial charge >= 0.3 is 5.97 Å². The minimum Gasteiger partial charge on any atom is -0.481 e. The molecule has 0 saturated heterocycles. The van der Waals surface area contributed by atoms with Crippen LogP contribution in [0.5, 0.6) is 0 Å². The summed E-state index contributed by atoms with van der Waals surface area (Å²) in [7, 11) is 0. The molecule has 1 rings (SSSR count). The summed E-state index contributed by atoms with van der Waals surface area (Å²) in [6, 6.07) is 0. The van der Waals surface area contributed by atoms with Crippen molar-refractivity contribution in [1.29, 1.82) is 0 Å². The molecule has 1 unspecified atom stereocenters. The third-order valence-corrected chi connectivity index (χ3v) is 2.14. The van der Waals surface area contributed by atoms with E-state index >= 15 is 0 Å². The molecule has 1 aliphatic rings. The smallest absolute Gasteiger partial charge is 0.303 e. The highest BCUT2D eigenvalue weighted by Gasteiger charge is 2.24. The van der Waals surface area contributed by atoms with Gasteiger partial charge in [-0.15, -0.1) is 0 Å². The molecule has 1 aliphatic heterocycles. The van der Waals surface area contributed by atoms with E-state index in [0.717, 1.165) is 12.3 Å². The summed E-state index contributed by atoms with van der Waals surface area (Å²) in [4.78, 5) is 14.7. The fourth-order valence-electron chi connectivity index (χ4n) is 1.46. The number of carboxylic acid groups (broad SMARTS) is 1. The maximum Gasteiger partial charge on any atom is 0.303 e. The Hall–Kier alpha value is -1.06. The lowest BCUT2D eigenvalue weighted by molar-refractivity contribution is -0.137. The largest absolute Gasteiger partial charge is 0.481 e. The summed E-state index contributed by atoms with van der Waals surface area (Å²) in [6.07, 6.45) is 1.49.